The maximum absolute atomic E-state index is 9.71. The molecule has 0 radical (unpaired) electrons. The number of aromatic nitrogens is 2. The molecule has 1 aromatic carbocycles. The summed E-state index contributed by atoms with van der Waals surface area (Å²) in [7, 11) is 0. The van der Waals surface area contributed by atoms with Crippen molar-refractivity contribution in [3.8, 4) is 5.75 Å². The highest BCUT2D eigenvalue weighted by Gasteiger charge is 2.28. The Hall–Kier alpha value is -1.65. The molecule has 0 saturated heterocycles. The quantitative estimate of drug-likeness (QED) is 0.944. The highest BCUT2D eigenvalue weighted by molar-refractivity contribution is 6.32. The summed E-state index contributed by atoms with van der Waals surface area (Å²) < 4.78 is 0. The third-order valence-corrected chi connectivity index (χ3v) is 4.86. The maximum atomic E-state index is 9.71. The molecule has 5 heteroatoms. The number of benzene rings is 1. The number of fused-ring (bicyclic) bond motifs is 1. The molecule has 2 aromatic rings. The van der Waals surface area contributed by atoms with Gasteiger partial charge in [0.1, 0.15) is 11.6 Å². The summed E-state index contributed by atoms with van der Waals surface area (Å²) in [5.74, 6) is 1.78. The zero-order valence-electron chi connectivity index (χ0n) is 12.3. The number of nitrogens with zero attached hydrogens (tertiary/aromatic N) is 3. The van der Waals surface area contributed by atoms with E-state index in [1.807, 2.05) is 18.3 Å². The highest BCUT2D eigenvalue weighted by Crippen LogP contribution is 2.38. The van der Waals surface area contributed by atoms with E-state index in [0.717, 1.165) is 37.4 Å². The van der Waals surface area contributed by atoms with Gasteiger partial charge in [0.05, 0.1) is 5.02 Å². The lowest BCUT2D eigenvalue weighted by molar-refractivity contribution is 0.242. The van der Waals surface area contributed by atoms with Crippen molar-refractivity contribution >= 4 is 11.6 Å². The Bertz CT molecular complexity index is 715. The molecule has 4 nitrogen and oxygen atoms in total. The van der Waals surface area contributed by atoms with Crippen LogP contribution in [0.25, 0.3) is 0 Å². The van der Waals surface area contributed by atoms with Gasteiger partial charge in [-0.25, -0.2) is 9.97 Å². The molecule has 1 fully saturated rings. The molecular weight excluding hydrogens is 298 g/mol. The van der Waals surface area contributed by atoms with Crippen LogP contribution in [0.4, 0.5) is 0 Å². The Morgan fingerprint density at radius 2 is 2.18 bits per heavy atom. The Labute approximate surface area is 134 Å². The lowest BCUT2D eigenvalue weighted by Crippen LogP contribution is -2.31. The molecule has 1 aliphatic carbocycles. The summed E-state index contributed by atoms with van der Waals surface area (Å²) in [5.41, 5.74) is 3.38. The largest absolute Gasteiger partial charge is 0.506 e. The zero-order valence-corrected chi connectivity index (χ0v) is 13.1. The van der Waals surface area contributed by atoms with Crippen LogP contribution >= 0.6 is 11.6 Å². The number of halogens is 1. The fourth-order valence-corrected chi connectivity index (χ4v) is 3.18. The predicted octanol–water partition coefficient (Wildman–Crippen LogP) is 3.27. The lowest BCUT2D eigenvalue weighted by Gasteiger charge is -2.28. The van der Waals surface area contributed by atoms with E-state index < -0.39 is 0 Å². The van der Waals surface area contributed by atoms with Crippen LogP contribution in [0.15, 0.2) is 24.4 Å². The van der Waals surface area contributed by atoms with Gasteiger partial charge in [0.2, 0.25) is 0 Å². The second-order valence-corrected chi connectivity index (χ2v) is 6.56. The number of phenolic OH excluding ortho intramolecular Hbond substituents is 1. The van der Waals surface area contributed by atoms with Crippen LogP contribution < -0.4 is 0 Å². The molecule has 0 spiro atoms. The Kier molecular flexibility index (Phi) is 3.51. The predicted molar refractivity (Wildman–Crippen MR) is 84.9 cm³/mol. The highest BCUT2D eigenvalue weighted by atomic mass is 35.5. The second-order valence-electron chi connectivity index (χ2n) is 6.19. The molecule has 0 atom stereocenters. The maximum Gasteiger partial charge on any atom is 0.134 e. The van der Waals surface area contributed by atoms with E-state index in [2.05, 4.69) is 9.88 Å². The second kappa shape index (κ2) is 5.52. The average Bonchev–Trinajstić information content (AvgIpc) is 3.36. The van der Waals surface area contributed by atoms with E-state index in [1.54, 1.807) is 6.07 Å². The van der Waals surface area contributed by atoms with Crippen LogP contribution in [0.5, 0.6) is 5.75 Å². The van der Waals surface area contributed by atoms with Crippen molar-refractivity contribution in [3.05, 3.63) is 52.1 Å². The van der Waals surface area contributed by atoms with Gasteiger partial charge in [-0.15, -0.1) is 0 Å². The summed E-state index contributed by atoms with van der Waals surface area (Å²) >= 11 is 6.17. The molecule has 1 saturated carbocycles. The van der Waals surface area contributed by atoms with Gasteiger partial charge in [0.15, 0.2) is 0 Å². The van der Waals surface area contributed by atoms with E-state index in [4.69, 9.17) is 16.6 Å². The molecule has 114 valence electrons. The van der Waals surface area contributed by atoms with Crippen LogP contribution in [-0.2, 0) is 19.5 Å². The number of hydrogen-bond acceptors (Lipinski definition) is 4. The number of phenols is 1. The van der Waals surface area contributed by atoms with Crippen molar-refractivity contribution in [3.63, 3.8) is 0 Å². The van der Waals surface area contributed by atoms with Crippen molar-refractivity contribution in [2.45, 2.75) is 38.3 Å². The third-order valence-electron chi connectivity index (χ3n) is 4.43. The van der Waals surface area contributed by atoms with Gasteiger partial charge >= 0.3 is 0 Å². The standard InChI is InChI=1S/C17H18ClN3O/c18-16-12(2-1-3-15(16)22)9-21-7-6-14-13(10-21)8-19-17(20-14)11-4-5-11/h1-3,8,11,22H,4-7,9-10H2. The van der Waals surface area contributed by atoms with Crippen LogP contribution in [0, 0.1) is 0 Å². The van der Waals surface area contributed by atoms with Gasteiger partial charge in [-0.2, -0.15) is 0 Å². The van der Waals surface area contributed by atoms with Crippen LogP contribution in [0.3, 0.4) is 0 Å². The minimum atomic E-state index is 0.147. The van der Waals surface area contributed by atoms with Gasteiger partial charge in [-0.05, 0) is 24.5 Å². The molecule has 1 N–H and O–H groups in total. The topological polar surface area (TPSA) is 49.2 Å². The fourth-order valence-electron chi connectivity index (χ4n) is 2.99. The van der Waals surface area contributed by atoms with Crippen LogP contribution in [0.1, 0.15) is 41.4 Å². The molecular formula is C17H18ClN3O. The van der Waals surface area contributed by atoms with E-state index in [1.165, 1.54) is 24.1 Å². The smallest absolute Gasteiger partial charge is 0.134 e. The first-order chi connectivity index (χ1) is 10.7. The van der Waals surface area contributed by atoms with Crippen molar-refractivity contribution in [2.24, 2.45) is 0 Å². The van der Waals surface area contributed by atoms with Gasteiger partial charge in [0, 0.05) is 49.4 Å². The molecule has 0 amide bonds. The van der Waals surface area contributed by atoms with E-state index in [0.29, 0.717) is 10.9 Å². The summed E-state index contributed by atoms with van der Waals surface area (Å²) in [6.07, 6.45) is 5.42. The first-order valence-electron chi connectivity index (χ1n) is 7.74. The SMILES string of the molecule is Oc1cccc(CN2CCc3nc(C4CC4)ncc3C2)c1Cl. The molecule has 2 aliphatic rings. The van der Waals surface area contributed by atoms with Gasteiger partial charge < -0.3 is 5.11 Å². The van der Waals surface area contributed by atoms with Gasteiger partial charge in [0.25, 0.3) is 0 Å². The van der Waals surface area contributed by atoms with E-state index in [-0.39, 0.29) is 5.75 Å². The fraction of sp³-hybridized carbons (Fsp3) is 0.412. The molecule has 0 unspecified atom stereocenters. The summed E-state index contributed by atoms with van der Waals surface area (Å²) in [4.78, 5) is 11.6. The first-order valence-corrected chi connectivity index (χ1v) is 8.12. The molecule has 2 heterocycles. The van der Waals surface area contributed by atoms with Crippen LogP contribution in [0.2, 0.25) is 5.02 Å². The van der Waals surface area contributed by atoms with Crippen molar-refractivity contribution < 1.29 is 5.11 Å². The molecule has 4 rings (SSSR count). The molecule has 0 bridgehead atoms. The van der Waals surface area contributed by atoms with E-state index in [9.17, 15) is 5.11 Å². The molecule has 1 aromatic heterocycles. The van der Waals surface area contributed by atoms with Gasteiger partial charge in [-0.3, -0.25) is 4.90 Å². The van der Waals surface area contributed by atoms with Gasteiger partial charge in [-0.1, -0.05) is 23.7 Å². The van der Waals surface area contributed by atoms with Crippen molar-refractivity contribution in [1.29, 1.82) is 0 Å². The summed E-state index contributed by atoms with van der Waals surface area (Å²) in [5, 5.41) is 10.2. The third kappa shape index (κ3) is 2.69. The van der Waals surface area contributed by atoms with E-state index >= 15 is 0 Å². The van der Waals surface area contributed by atoms with Crippen molar-refractivity contribution in [1.82, 2.24) is 14.9 Å². The molecule has 22 heavy (non-hydrogen) atoms. The van der Waals surface area contributed by atoms with Crippen molar-refractivity contribution in [2.75, 3.05) is 6.54 Å². The zero-order chi connectivity index (χ0) is 15.1. The number of aromatic hydroxyl groups is 1. The first kappa shape index (κ1) is 14.0. The Morgan fingerprint density at radius 1 is 1.32 bits per heavy atom. The normalized spacial score (nSPS) is 18.2. The average molecular weight is 316 g/mol. The number of hydrogen-bond donors (Lipinski definition) is 1. The Morgan fingerprint density at radius 3 is 3.00 bits per heavy atom. The molecule has 1 aliphatic heterocycles. The summed E-state index contributed by atoms with van der Waals surface area (Å²) in [6.45, 7) is 2.53. The minimum Gasteiger partial charge on any atom is -0.506 e. The summed E-state index contributed by atoms with van der Waals surface area (Å²) in [6, 6.07) is 5.41. The number of rotatable bonds is 3. The monoisotopic (exact) mass is 315 g/mol. The minimum absolute atomic E-state index is 0.147. The lowest BCUT2D eigenvalue weighted by atomic mass is 10.1. The Balaban J connectivity index is 1.51. The van der Waals surface area contributed by atoms with Crippen LogP contribution in [-0.4, -0.2) is 26.5 Å².